The summed E-state index contributed by atoms with van der Waals surface area (Å²) in [5.74, 6) is -0.640. The van der Waals surface area contributed by atoms with Gasteiger partial charge in [0.15, 0.2) is 0 Å². The number of nitrogens with zero attached hydrogens (tertiary/aromatic N) is 1. The van der Waals surface area contributed by atoms with E-state index in [1.807, 2.05) is 13.8 Å². The van der Waals surface area contributed by atoms with E-state index in [-0.39, 0.29) is 11.4 Å². The normalized spacial score (nSPS) is 10.7. The average molecular weight is 311 g/mol. The first-order valence-electron chi connectivity index (χ1n) is 6.67. The van der Waals surface area contributed by atoms with Crippen molar-refractivity contribution >= 4 is 17.8 Å². The topological polar surface area (TPSA) is 105 Å². The molecular formula is C14H17NO7. The summed E-state index contributed by atoms with van der Waals surface area (Å²) in [4.78, 5) is 41.8. The Labute approximate surface area is 127 Å². The van der Waals surface area contributed by atoms with Gasteiger partial charge in [-0.05, 0) is 31.9 Å². The van der Waals surface area contributed by atoms with E-state index in [9.17, 15) is 19.7 Å². The molecule has 0 saturated carbocycles. The van der Waals surface area contributed by atoms with Gasteiger partial charge in [0, 0.05) is 12.1 Å². The monoisotopic (exact) mass is 311 g/mol. The van der Waals surface area contributed by atoms with Crippen molar-refractivity contribution in [1.29, 1.82) is 0 Å². The van der Waals surface area contributed by atoms with Crippen LogP contribution in [0.25, 0.3) is 0 Å². The lowest BCUT2D eigenvalue weighted by molar-refractivity contribution is -0.384. The van der Waals surface area contributed by atoms with Gasteiger partial charge in [-0.25, -0.2) is 14.6 Å². The van der Waals surface area contributed by atoms with Gasteiger partial charge in [0.25, 0.3) is 5.69 Å². The van der Waals surface area contributed by atoms with Gasteiger partial charge < -0.3 is 4.74 Å². The molecule has 0 heterocycles. The first kappa shape index (κ1) is 17.4. The van der Waals surface area contributed by atoms with Crippen molar-refractivity contribution in [2.24, 2.45) is 5.41 Å². The van der Waals surface area contributed by atoms with E-state index >= 15 is 0 Å². The van der Waals surface area contributed by atoms with Crippen molar-refractivity contribution in [2.75, 3.05) is 0 Å². The number of carbonyl (C=O) groups is 2. The van der Waals surface area contributed by atoms with Crippen LogP contribution >= 0.6 is 0 Å². The molecule has 120 valence electrons. The highest BCUT2D eigenvalue weighted by atomic mass is 17.2. The van der Waals surface area contributed by atoms with Crippen molar-refractivity contribution in [3.05, 3.63) is 34.4 Å². The number of nitro groups is 1. The molecule has 0 saturated heterocycles. The molecule has 0 aromatic heterocycles. The molecule has 0 amide bonds. The Morgan fingerprint density at radius 2 is 1.68 bits per heavy atom. The number of hydrogen-bond donors (Lipinski definition) is 0. The molecule has 0 aliphatic carbocycles. The quantitative estimate of drug-likeness (QED) is 0.270. The van der Waals surface area contributed by atoms with E-state index in [4.69, 9.17) is 4.74 Å². The van der Waals surface area contributed by atoms with Crippen LogP contribution in [0.4, 0.5) is 10.5 Å². The molecule has 8 heteroatoms. The van der Waals surface area contributed by atoms with Gasteiger partial charge in [-0.15, -0.1) is 0 Å². The Morgan fingerprint density at radius 3 is 2.14 bits per heavy atom. The van der Waals surface area contributed by atoms with Crippen molar-refractivity contribution in [1.82, 2.24) is 0 Å². The van der Waals surface area contributed by atoms with E-state index in [0.717, 1.165) is 0 Å². The molecule has 0 aliphatic heterocycles. The fourth-order valence-electron chi connectivity index (χ4n) is 1.46. The van der Waals surface area contributed by atoms with Gasteiger partial charge >= 0.3 is 12.1 Å². The van der Waals surface area contributed by atoms with E-state index < -0.39 is 22.5 Å². The fourth-order valence-corrected chi connectivity index (χ4v) is 1.46. The third-order valence-corrected chi connectivity index (χ3v) is 3.49. The molecule has 1 aromatic rings. The highest BCUT2D eigenvalue weighted by Gasteiger charge is 2.33. The van der Waals surface area contributed by atoms with E-state index in [1.165, 1.54) is 24.3 Å². The van der Waals surface area contributed by atoms with Crippen LogP contribution in [0, 0.1) is 15.5 Å². The molecule has 0 unspecified atom stereocenters. The lowest BCUT2D eigenvalue weighted by atomic mass is 9.85. The van der Waals surface area contributed by atoms with E-state index in [2.05, 4.69) is 9.78 Å². The summed E-state index contributed by atoms with van der Waals surface area (Å²) in [6, 6.07) is 4.78. The molecule has 0 N–H and O–H groups in total. The van der Waals surface area contributed by atoms with Crippen LogP contribution < -0.4 is 4.74 Å². The molecule has 0 bridgehead atoms. The molecule has 22 heavy (non-hydrogen) atoms. The second-order valence-electron chi connectivity index (χ2n) is 4.82. The Hall–Kier alpha value is -2.64. The highest BCUT2D eigenvalue weighted by Crippen LogP contribution is 2.27. The maximum absolute atomic E-state index is 11.8. The minimum absolute atomic E-state index is 0.0281. The first-order chi connectivity index (χ1) is 10.3. The Kier molecular flexibility index (Phi) is 5.85. The molecule has 0 fully saturated rings. The van der Waals surface area contributed by atoms with E-state index in [1.54, 1.807) is 6.92 Å². The summed E-state index contributed by atoms with van der Waals surface area (Å²) in [6.45, 7) is 5.33. The molecule has 8 nitrogen and oxygen atoms in total. The number of ether oxygens (including phenoxy) is 1. The van der Waals surface area contributed by atoms with Crippen LogP contribution in [0.2, 0.25) is 0 Å². The summed E-state index contributed by atoms with van der Waals surface area (Å²) in [5.41, 5.74) is -0.887. The molecule has 0 aliphatic rings. The molecule has 1 rings (SSSR count). The number of carbonyl (C=O) groups excluding carboxylic acids is 2. The van der Waals surface area contributed by atoms with Gasteiger partial charge in [-0.2, -0.15) is 4.79 Å². The minimum atomic E-state index is -1.24. The maximum atomic E-state index is 11.8. The number of hydrogen-bond acceptors (Lipinski definition) is 7. The molecule has 1 aromatic carbocycles. The van der Waals surface area contributed by atoms with Gasteiger partial charge in [-0.1, -0.05) is 13.8 Å². The Balaban J connectivity index is 2.53. The zero-order valence-electron chi connectivity index (χ0n) is 12.5. The standard InChI is InChI=1S/C14H17NO7/c1-4-14(3,5-2)12(16)21-22-13(17)20-11-8-6-10(7-9-11)15(18)19/h6-9H,4-5H2,1-3H3. The lowest BCUT2D eigenvalue weighted by Gasteiger charge is -2.21. The van der Waals surface area contributed by atoms with Crippen molar-refractivity contribution in [2.45, 2.75) is 33.6 Å². The summed E-state index contributed by atoms with van der Waals surface area (Å²) in [5, 5.41) is 10.5. The largest absolute Gasteiger partial charge is 0.555 e. The van der Waals surface area contributed by atoms with Crippen molar-refractivity contribution < 1.29 is 29.0 Å². The summed E-state index contributed by atoms with van der Waals surface area (Å²) in [7, 11) is 0. The van der Waals surface area contributed by atoms with Crippen LogP contribution in [0.1, 0.15) is 33.6 Å². The second-order valence-corrected chi connectivity index (χ2v) is 4.82. The minimum Gasteiger partial charge on any atom is -0.392 e. The second kappa shape index (κ2) is 7.39. The zero-order valence-corrected chi connectivity index (χ0v) is 12.5. The number of rotatable bonds is 5. The third kappa shape index (κ3) is 4.44. The predicted octanol–water partition coefficient (Wildman–Crippen LogP) is 3.39. The zero-order chi connectivity index (χ0) is 16.8. The van der Waals surface area contributed by atoms with Crippen LogP contribution in [-0.2, 0) is 14.6 Å². The number of non-ortho nitro benzene ring substituents is 1. The van der Waals surface area contributed by atoms with Gasteiger partial charge in [0.2, 0.25) is 0 Å². The lowest BCUT2D eigenvalue weighted by Crippen LogP contribution is -2.29. The van der Waals surface area contributed by atoms with Crippen molar-refractivity contribution in [3.63, 3.8) is 0 Å². The first-order valence-corrected chi connectivity index (χ1v) is 6.67. The van der Waals surface area contributed by atoms with Gasteiger partial charge in [-0.3, -0.25) is 10.1 Å². The Bertz CT molecular complexity index is 549. The predicted molar refractivity (Wildman–Crippen MR) is 75.0 cm³/mol. The fraction of sp³-hybridized carbons (Fsp3) is 0.429. The third-order valence-electron chi connectivity index (χ3n) is 3.49. The van der Waals surface area contributed by atoms with Gasteiger partial charge in [0.1, 0.15) is 5.75 Å². The van der Waals surface area contributed by atoms with Crippen LogP contribution in [-0.4, -0.2) is 17.0 Å². The maximum Gasteiger partial charge on any atom is 0.555 e. The van der Waals surface area contributed by atoms with Crippen molar-refractivity contribution in [3.8, 4) is 5.75 Å². The molecule has 0 radical (unpaired) electrons. The average Bonchev–Trinajstić information content (AvgIpc) is 2.52. The van der Waals surface area contributed by atoms with Crippen LogP contribution in [0.5, 0.6) is 5.75 Å². The van der Waals surface area contributed by atoms with Gasteiger partial charge in [0.05, 0.1) is 10.3 Å². The van der Waals surface area contributed by atoms with Crippen LogP contribution in [0.15, 0.2) is 24.3 Å². The highest BCUT2D eigenvalue weighted by molar-refractivity contribution is 5.76. The molecular weight excluding hydrogens is 294 g/mol. The SMILES string of the molecule is CCC(C)(CC)C(=O)OOC(=O)Oc1ccc([N+](=O)[O-])cc1. The molecule has 0 atom stereocenters. The summed E-state index contributed by atoms with van der Waals surface area (Å²) < 4.78 is 4.72. The number of nitro benzene ring substituents is 1. The summed E-state index contributed by atoms with van der Waals surface area (Å²) in [6.07, 6.45) is -0.177. The number of benzene rings is 1. The van der Waals surface area contributed by atoms with Crippen LogP contribution in [0.3, 0.4) is 0 Å². The summed E-state index contributed by atoms with van der Waals surface area (Å²) >= 11 is 0. The Morgan fingerprint density at radius 1 is 1.14 bits per heavy atom. The molecule has 0 spiro atoms. The van der Waals surface area contributed by atoms with E-state index in [0.29, 0.717) is 12.8 Å². The smallest absolute Gasteiger partial charge is 0.392 e.